The van der Waals surface area contributed by atoms with E-state index in [0.717, 1.165) is 11.1 Å². The number of carbonyl (C=O) groups is 2. The molecule has 0 saturated carbocycles. The van der Waals surface area contributed by atoms with Gasteiger partial charge in [0.1, 0.15) is 5.82 Å². The van der Waals surface area contributed by atoms with E-state index in [1.165, 1.54) is 24.3 Å². The SMILES string of the molecule is Cl.O=C(NCCc1ccncc1)[C@@H]1CN(Cc2ccccc2)C[C@H]1C(=O)c1ccc(F)cc1. The van der Waals surface area contributed by atoms with E-state index in [1.54, 1.807) is 12.4 Å². The summed E-state index contributed by atoms with van der Waals surface area (Å²) in [6.45, 7) is 2.17. The summed E-state index contributed by atoms with van der Waals surface area (Å²) in [5.41, 5.74) is 2.67. The molecular formula is C26H27ClFN3O2. The number of pyridine rings is 1. The maximum Gasteiger partial charge on any atom is 0.225 e. The number of hydrogen-bond donors (Lipinski definition) is 1. The molecule has 2 atom stereocenters. The van der Waals surface area contributed by atoms with Crippen molar-refractivity contribution in [1.29, 1.82) is 0 Å². The maximum absolute atomic E-state index is 13.3. The van der Waals surface area contributed by atoms with Crippen LogP contribution in [0.1, 0.15) is 21.5 Å². The van der Waals surface area contributed by atoms with Crippen LogP contribution in [-0.2, 0) is 17.8 Å². The van der Waals surface area contributed by atoms with Gasteiger partial charge in [0.05, 0.1) is 5.92 Å². The average molecular weight is 468 g/mol. The number of amides is 1. The lowest BCUT2D eigenvalue weighted by Gasteiger charge is -2.17. The van der Waals surface area contributed by atoms with E-state index >= 15 is 0 Å². The van der Waals surface area contributed by atoms with Crippen LogP contribution in [0.3, 0.4) is 0 Å². The van der Waals surface area contributed by atoms with Crippen molar-refractivity contribution in [2.24, 2.45) is 11.8 Å². The third-order valence-electron chi connectivity index (χ3n) is 5.91. The lowest BCUT2D eigenvalue weighted by Crippen LogP contribution is -2.38. The van der Waals surface area contributed by atoms with E-state index in [9.17, 15) is 14.0 Å². The van der Waals surface area contributed by atoms with Gasteiger partial charge in [0.25, 0.3) is 0 Å². The first-order valence-electron chi connectivity index (χ1n) is 10.8. The summed E-state index contributed by atoms with van der Waals surface area (Å²) in [5.74, 6) is -1.53. The highest BCUT2D eigenvalue weighted by atomic mass is 35.5. The van der Waals surface area contributed by atoms with Gasteiger partial charge in [-0.2, -0.15) is 0 Å². The molecule has 1 aromatic heterocycles. The molecule has 1 aliphatic rings. The standard InChI is InChI=1S/C26H26FN3O2.ClH/c27-22-8-6-21(7-9-22)25(31)23-17-30(16-20-4-2-1-3-5-20)18-24(23)26(32)29-15-12-19-10-13-28-14-11-19;/h1-11,13-14,23-24H,12,15-18H2,(H,29,32);1H/t23-,24-;/m1./s1. The predicted molar refractivity (Wildman–Crippen MR) is 128 cm³/mol. The summed E-state index contributed by atoms with van der Waals surface area (Å²) < 4.78 is 13.3. The van der Waals surface area contributed by atoms with Crippen molar-refractivity contribution in [3.8, 4) is 0 Å². The van der Waals surface area contributed by atoms with Crippen LogP contribution in [0.15, 0.2) is 79.1 Å². The van der Waals surface area contributed by atoms with E-state index in [1.807, 2.05) is 42.5 Å². The van der Waals surface area contributed by atoms with Crippen LogP contribution in [0, 0.1) is 17.7 Å². The Balaban J connectivity index is 0.00000306. The summed E-state index contributed by atoms with van der Waals surface area (Å²) in [7, 11) is 0. The Morgan fingerprint density at radius 3 is 2.27 bits per heavy atom. The summed E-state index contributed by atoms with van der Waals surface area (Å²) in [4.78, 5) is 32.5. The van der Waals surface area contributed by atoms with Crippen LogP contribution in [0.4, 0.5) is 4.39 Å². The van der Waals surface area contributed by atoms with Gasteiger partial charge >= 0.3 is 0 Å². The molecule has 0 radical (unpaired) electrons. The Morgan fingerprint density at radius 1 is 0.909 bits per heavy atom. The molecule has 0 bridgehead atoms. The van der Waals surface area contributed by atoms with Gasteiger partial charge in [0.15, 0.2) is 5.78 Å². The van der Waals surface area contributed by atoms with Crippen molar-refractivity contribution in [1.82, 2.24) is 15.2 Å². The lowest BCUT2D eigenvalue weighted by molar-refractivity contribution is -0.125. The van der Waals surface area contributed by atoms with Gasteiger partial charge in [-0.15, -0.1) is 12.4 Å². The van der Waals surface area contributed by atoms with Crippen LogP contribution in [0.5, 0.6) is 0 Å². The summed E-state index contributed by atoms with van der Waals surface area (Å²) in [6, 6.07) is 19.4. The zero-order valence-corrected chi connectivity index (χ0v) is 19.0. The van der Waals surface area contributed by atoms with Crippen LogP contribution >= 0.6 is 12.4 Å². The fourth-order valence-corrected chi connectivity index (χ4v) is 4.23. The van der Waals surface area contributed by atoms with E-state index < -0.39 is 11.8 Å². The van der Waals surface area contributed by atoms with Crippen molar-refractivity contribution in [2.45, 2.75) is 13.0 Å². The van der Waals surface area contributed by atoms with Gasteiger partial charge < -0.3 is 5.32 Å². The number of ketones is 1. The number of nitrogens with zero attached hydrogens (tertiary/aromatic N) is 2. The van der Waals surface area contributed by atoms with E-state index in [2.05, 4.69) is 15.2 Å². The first-order chi connectivity index (χ1) is 15.6. The second-order valence-corrected chi connectivity index (χ2v) is 8.16. The Morgan fingerprint density at radius 2 is 1.58 bits per heavy atom. The number of benzene rings is 2. The lowest BCUT2D eigenvalue weighted by atomic mass is 9.87. The van der Waals surface area contributed by atoms with Crippen LogP contribution in [0.2, 0.25) is 0 Å². The minimum atomic E-state index is -0.468. The molecule has 2 heterocycles. The number of aromatic nitrogens is 1. The maximum atomic E-state index is 13.3. The third-order valence-corrected chi connectivity index (χ3v) is 5.91. The molecule has 7 heteroatoms. The molecule has 0 aliphatic carbocycles. The zero-order valence-electron chi connectivity index (χ0n) is 18.2. The first kappa shape index (κ1) is 24.6. The van der Waals surface area contributed by atoms with Gasteiger partial charge in [-0.1, -0.05) is 30.3 Å². The highest BCUT2D eigenvalue weighted by molar-refractivity contribution is 6.01. The molecule has 5 nitrogen and oxygen atoms in total. The number of hydrogen-bond acceptors (Lipinski definition) is 4. The summed E-state index contributed by atoms with van der Waals surface area (Å²) in [6.07, 6.45) is 4.16. The van der Waals surface area contributed by atoms with Crippen molar-refractivity contribution in [3.63, 3.8) is 0 Å². The molecule has 0 spiro atoms. The van der Waals surface area contributed by atoms with Gasteiger partial charge in [-0.05, 0) is 53.9 Å². The number of carbonyl (C=O) groups excluding carboxylic acids is 2. The fraction of sp³-hybridized carbons (Fsp3) is 0.269. The normalized spacial score (nSPS) is 17.8. The van der Waals surface area contributed by atoms with Crippen LogP contribution in [0.25, 0.3) is 0 Å². The second-order valence-electron chi connectivity index (χ2n) is 8.16. The molecule has 1 saturated heterocycles. The zero-order chi connectivity index (χ0) is 22.3. The summed E-state index contributed by atoms with van der Waals surface area (Å²) in [5, 5.41) is 3.00. The Kier molecular flexibility index (Phi) is 8.69. The molecule has 1 N–H and O–H groups in total. The van der Waals surface area contributed by atoms with Crippen molar-refractivity contribution in [3.05, 3.63) is 102 Å². The predicted octanol–water partition coefficient (Wildman–Crippen LogP) is 3.93. The van der Waals surface area contributed by atoms with Crippen LogP contribution in [-0.4, -0.2) is 41.2 Å². The monoisotopic (exact) mass is 467 g/mol. The quantitative estimate of drug-likeness (QED) is 0.510. The highest BCUT2D eigenvalue weighted by Gasteiger charge is 2.41. The Hall–Kier alpha value is -3.09. The van der Waals surface area contributed by atoms with Gasteiger partial charge in [-0.25, -0.2) is 4.39 Å². The van der Waals surface area contributed by atoms with E-state index in [-0.39, 0.29) is 29.9 Å². The molecule has 0 unspecified atom stereocenters. The summed E-state index contributed by atoms with van der Waals surface area (Å²) >= 11 is 0. The van der Waals surface area contributed by atoms with E-state index in [0.29, 0.717) is 38.2 Å². The van der Waals surface area contributed by atoms with E-state index in [4.69, 9.17) is 0 Å². The fourth-order valence-electron chi connectivity index (χ4n) is 4.23. The smallest absolute Gasteiger partial charge is 0.225 e. The van der Waals surface area contributed by atoms with Crippen molar-refractivity contribution >= 4 is 24.1 Å². The van der Waals surface area contributed by atoms with Gasteiger partial charge in [-0.3, -0.25) is 19.5 Å². The molecule has 1 aliphatic heterocycles. The molecule has 1 amide bonds. The van der Waals surface area contributed by atoms with Crippen LogP contribution < -0.4 is 5.32 Å². The minimum absolute atomic E-state index is 0. The molecule has 3 aromatic rings. The molecule has 4 rings (SSSR count). The number of rotatable bonds is 8. The Bertz CT molecular complexity index is 1050. The molecule has 1 fully saturated rings. The molecule has 172 valence electrons. The van der Waals surface area contributed by atoms with Crippen molar-refractivity contribution < 1.29 is 14.0 Å². The minimum Gasteiger partial charge on any atom is -0.355 e. The molecule has 33 heavy (non-hydrogen) atoms. The number of nitrogens with one attached hydrogen (secondary N) is 1. The Labute approximate surface area is 199 Å². The first-order valence-corrected chi connectivity index (χ1v) is 10.8. The second kappa shape index (κ2) is 11.7. The number of Topliss-reactive ketones (excluding diaryl/α,β-unsaturated/α-hetero) is 1. The van der Waals surface area contributed by atoms with Crippen molar-refractivity contribution in [2.75, 3.05) is 19.6 Å². The third kappa shape index (κ3) is 6.46. The highest BCUT2D eigenvalue weighted by Crippen LogP contribution is 2.28. The number of likely N-dealkylation sites (tertiary alicyclic amines) is 1. The number of halogens is 2. The topological polar surface area (TPSA) is 62.3 Å². The van der Waals surface area contributed by atoms with Gasteiger partial charge in [0, 0.05) is 50.1 Å². The average Bonchev–Trinajstić information content (AvgIpc) is 3.24. The largest absolute Gasteiger partial charge is 0.355 e. The molecular weight excluding hydrogens is 441 g/mol. The molecule has 2 aromatic carbocycles. The van der Waals surface area contributed by atoms with Gasteiger partial charge in [0.2, 0.25) is 5.91 Å².